The van der Waals surface area contributed by atoms with Gasteiger partial charge < -0.3 is 15.4 Å². The molecule has 0 amide bonds. The van der Waals surface area contributed by atoms with E-state index in [4.69, 9.17) is 16.3 Å². The Labute approximate surface area is 158 Å². The predicted octanol–water partition coefficient (Wildman–Crippen LogP) is 4.67. The van der Waals surface area contributed by atoms with Gasteiger partial charge in [0.1, 0.15) is 17.9 Å². The first-order chi connectivity index (χ1) is 13.0. The van der Waals surface area contributed by atoms with Gasteiger partial charge in [0, 0.05) is 10.7 Å². The van der Waals surface area contributed by atoms with E-state index in [-0.39, 0.29) is 17.3 Å². The Morgan fingerprint density at radius 3 is 2.41 bits per heavy atom. The van der Waals surface area contributed by atoms with Crippen molar-refractivity contribution in [2.24, 2.45) is 0 Å². The van der Waals surface area contributed by atoms with Gasteiger partial charge in [0.15, 0.2) is 0 Å². The van der Waals surface area contributed by atoms with Gasteiger partial charge in [-0.3, -0.25) is 10.1 Å². The van der Waals surface area contributed by atoms with E-state index in [1.165, 1.54) is 31.4 Å². The van der Waals surface area contributed by atoms with Crippen LogP contribution < -0.4 is 15.4 Å². The summed E-state index contributed by atoms with van der Waals surface area (Å²) in [4.78, 5) is 18.9. The summed E-state index contributed by atoms with van der Waals surface area (Å²) in [5.74, 6) is -0.0984. The summed E-state index contributed by atoms with van der Waals surface area (Å²) in [6, 6.07) is 10.1. The first-order valence-electron chi connectivity index (χ1n) is 7.60. The Hall–Kier alpha value is -3.46. The van der Waals surface area contributed by atoms with Crippen LogP contribution in [0.4, 0.5) is 33.1 Å². The topological polar surface area (TPSA) is 102 Å². The van der Waals surface area contributed by atoms with E-state index in [0.717, 1.165) is 6.33 Å². The Bertz CT molecular complexity index is 985. The minimum Gasteiger partial charge on any atom is -0.495 e. The maximum atomic E-state index is 13.0. The van der Waals surface area contributed by atoms with Crippen molar-refractivity contribution in [2.75, 3.05) is 17.7 Å². The summed E-state index contributed by atoms with van der Waals surface area (Å²) < 4.78 is 18.3. The number of halogens is 2. The number of nitrogens with zero attached hydrogens (tertiary/aromatic N) is 3. The summed E-state index contributed by atoms with van der Waals surface area (Å²) in [5.41, 5.74) is 0.452. The van der Waals surface area contributed by atoms with Crippen molar-refractivity contribution >= 4 is 40.3 Å². The minimum atomic E-state index is -0.620. The third-order valence-corrected chi connectivity index (χ3v) is 3.76. The average Bonchev–Trinajstić information content (AvgIpc) is 2.64. The van der Waals surface area contributed by atoms with E-state index >= 15 is 0 Å². The van der Waals surface area contributed by atoms with Gasteiger partial charge in [-0.25, -0.2) is 14.4 Å². The van der Waals surface area contributed by atoms with Gasteiger partial charge >= 0.3 is 5.69 Å². The van der Waals surface area contributed by atoms with Crippen LogP contribution >= 0.6 is 11.6 Å². The summed E-state index contributed by atoms with van der Waals surface area (Å²) in [7, 11) is 1.46. The van der Waals surface area contributed by atoms with Crippen LogP contribution in [0.15, 0.2) is 48.8 Å². The van der Waals surface area contributed by atoms with Gasteiger partial charge in [-0.2, -0.15) is 0 Å². The molecular weight excluding hydrogens is 377 g/mol. The number of aromatic nitrogens is 2. The second-order valence-corrected chi connectivity index (χ2v) is 5.71. The van der Waals surface area contributed by atoms with E-state index in [1.807, 2.05) is 0 Å². The number of hydrogen-bond donors (Lipinski definition) is 2. The normalized spacial score (nSPS) is 10.3. The lowest BCUT2D eigenvalue weighted by molar-refractivity contribution is -0.383. The van der Waals surface area contributed by atoms with Gasteiger partial charge in [-0.15, -0.1) is 0 Å². The summed E-state index contributed by atoms with van der Waals surface area (Å²) >= 11 is 5.99. The number of ether oxygens (including phenoxy) is 1. The molecule has 0 saturated carbocycles. The molecule has 0 radical (unpaired) electrons. The number of anilines is 4. The molecule has 0 unspecified atom stereocenters. The molecule has 2 N–H and O–H groups in total. The molecule has 0 saturated heterocycles. The molecule has 2 aromatic carbocycles. The first kappa shape index (κ1) is 18.3. The summed E-state index contributed by atoms with van der Waals surface area (Å²) in [6.07, 6.45) is 1.16. The number of nitro groups is 1. The molecule has 0 atom stereocenters. The fourth-order valence-corrected chi connectivity index (χ4v) is 2.48. The number of methoxy groups -OCH3 is 1. The van der Waals surface area contributed by atoms with Crippen LogP contribution in [-0.4, -0.2) is 22.0 Å². The third kappa shape index (κ3) is 4.21. The zero-order valence-electron chi connectivity index (χ0n) is 13.9. The minimum absolute atomic E-state index is 0.0508. The second kappa shape index (κ2) is 7.83. The molecular formula is C17H13ClFN5O3. The molecule has 0 bridgehead atoms. The highest BCUT2D eigenvalue weighted by Crippen LogP contribution is 2.36. The largest absolute Gasteiger partial charge is 0.495 e. The van der Waals surface area contributed by atoms with Crippen LogP contribution in [0.25, 0.3) is 0 Å². The standard InChI is InChI=1S/C17H13ClFN5O3/c1-27-14-7-2-10(18)8-13(14)23-17-15(24(25)26)16(20-9-21-17)22-12-5-3-11(19)4-6-12/h2-9H,1H3,(H2,20,21,22,23). The number of hydrogen-bond acceptors (Lipinski definition) is 7. The Kier molecular flexibility index (Phi) is 5.32. The van der Waals surface area contributed by atoms with Crippen molar-refractivity contribution in [3.63, 3.8) is 0 Å². The van der Waals surface area contributed by atoms with Crippen molar-refractivity contribution in [2.45, 2.75) is 0 Å². The number of nitrogens with one attached hydrogen (secondary N) is 2. The highest BCUT2D eigenvalue weighted by Gasteiger charge is 2.24. The molecule has 8 nitrogen and oxygen atoms in total. The lowest BCUT2D eigenvalue weighted by Crippen LogP contribution is -2.06. The highest BCUT2D eigenvalue weighted by molar-refractivity contribution is 6.31. The maximum Gasteiger partial charge on any atom is 0.353 e. The lowest BCUT2D eigenvalue weighted by Gasteiger charge is -2.12. The molecule has 3 rings (SSSR count). The van der Waals surface area contributed by atoms with Crippen LogP contribution in [0, 0.1) is 15.9 Å². The van der Waals surface area contributed by atoms with Crippen LogP contribution in [0.2, 0.25) is 5.02 Å². The van der Waals surface area contributed by atoms with Crippen LogP contribution in [0.3, 0.4) is 0 Å². The van der Waals surface area contributed by atoms with E-state index in [2.05, 4.69) is 20.6 Å². The van der Waals surface area contributed by atoms with Crippen LogP contribution in [-0.2, 0) is 0 Å². The molecule has 10 heteroatoms. The fourth-order valence-electron chi connectivity index (χ4n) is 2.31. The Morgan fingerprint density at radius 1 is 1.11 bits per heavy atom. The summed E-state index contributed by atoms with van der Waals surface area (Å²) in [6.45, 7) is 0. The highest BCUT2D eigenvalue weighted by atomic mass is 35.5. The molecule has 1 aromatic heterocycles. The third-order valence-electron chi connectivity index (χ3n) is 3.53. The lowest BCUT2D eigenvalue weighted by atomic mass is 10.2. The molecule has 0 aliphatic heterocycles. The molecule has 0 spiro atoms. The van der Waals surface area contributed by atoms with E-state index in [9.17, 15) is 14.5 Å². The van der Waals surface area contributed by atoms with E-state index in [1.54, 1.807) is 18.2 Å². The van der Waals surface area contributed by atoms with E-state index in [0.29, 0.717) is 22.1 Å². The van der Waals surface area contributed by atoms with Gasteiger partial charge in [-0.1, -0.05) is 11.6 Å². The van der Waals surface area contributed by atoms with Crippen molar-refractivity contribution in [3.05, 3.63) is 69.7 Å². The fraction of sp³-hybridized carbons (Fsp3) is 0.0588. The Balaban J connectivity index is 2.00. The quantitative estimate of drug-likeness (QED) is 0.466. The first-order valence-corrected chi connectivity index (χ1v) is 7.98. The second-order valence-electron chi connectivity index (χ2n) is 5.28. The number of benzene rings is 2. The van der Waals surface area contributed by atoms with Crippen molar-refractivity contribution in [3.8, 4) is 5.75 Å². The van der Waals surface area contributed by atoms with Gasteiger partial charge in [-0.05, 0) is 42.5 Å². The molecule has 138 valence electrons. The summed E-state index contributed by atoms with van der Waals surface area (Å²) in [5, 5.41) is 17.7. The van der Waals surface area contributed by atoms with Crippen molar-refractivity contribution in [1.29, 1.82) is 0 Å². The van der Waals surface area contributed by atoms with Gasteiger partial charge in [0.05, 0.1) is 17.7 Å². The predicted molar refractivity (Wildman–Crippen MR) is 99.7 cm³/mol. The monoisotopic (exact) mass is 389 g/mol. The molecule has 1 heterocycles. The van der Waals surface area contributed by atoms with Crippen LogP contribution in [0.1, 0.15) is 0 Å². The number of rotatable bonds is 6. The van der Waals surface area contributed by atoms with Crippen molar-refractivity contribution < 1.29 is 14.1 Å². The van der Waals surface area contributed by atoms with Gasteiger partial charge in [0.25, 0.3) is 0 Å². The van der Waals surface area contributed by atoms with Crippen molar-refractivity contribution in [1.82, 2.24) is 9.97 Å². The van der Waals surface area contributed by atoms with Crippen LogP contribution in [0.5, 0.6) is 5.75 Å². The van der Waals surface area contributed by atoms with Gasteiger partial charge in [0.2, 0.25) is 11.6 Å². The van der Waals surface area contributed by atoms with E-state index < -0.39 is 10.7 Å². The smallest absolute Gasteiger partial charge is 0.353 e. The average molecular weight is 390 g/mol. The SMILES string of the molecule is COc1ccc(Cl)cc1Nc1ncnc(Nc2ccc(F)cc2)c1[N+](=O)[O-]. The molecule has 0 aliphatic rings. The molecule has 0 aliphatic carbocycles. The zero-order valence-corrected chi connectivity index (χ0v) is 14.7. The maximum absolute atomic E-state index is 13.0. The molecule has 0 fully saturated rings. The zero-order chi connectivity index (χ0) is 19.4. The molecule has 3 aromatic rings. The Morgan fingerprint density at radius 2 is 1.78 bits per heavy atom. The molecule has 27 heavy (non-hydrogen) atoms.